The molecule has 3 heteroatoms. The number of anilines is 1. The molecule has 0 spiro atoms. The molecule has 0 fully saturated rings. The third-order valence-corrected chi connectivity index (χ3v) is 2.96. The largest absolute Gasteiger partial charge is 0.311 e. The van der Waals surface area contributed by atoms with Gasteiger partial charge in [-0.25, -0.2) is 0 Å². The van der Waals surface area contributed by atoms with Crippen molar-refractivity contribution in [2.45, 2.75) is 12.8 Å². The fourth-order valence-electron chi connectivity index (χ4n) is 2.04. The van der Waals surface area contributed by atoms with E-state index < -0.39 is 0 Å². The Morgan fingerprint density at radius 1 is 1.25 bits per heavy atom. The van der Waals surface area contributed by atoms with E-state index in [1.54, 1.807) is 0 Å². The van der Waals surface area contributed by atoms with Gasteiger partial charge in [0.25, 0.3) is 0 Å². The maximum absolute atomic E-state index is 11.9. The second-order valence-electron chi connectivity index (χ2n) is 4.48. The van der Waals surface area contributed by atoms with Crippen molar-refractivity contribution in [3.63, 3.8) is 0 Å². The molecule has 3 nitrogen and oxygen atoms in total. The summed E-state index contributed by atoms with van der Waals surface area (Å²) < 4.78 is 0. The zero-order valence-electron chi connectivity index (χ0n) is 9.94. The first-order valence-electron chi connectivity index (χ1n) is 5.71. The Labute approximate surface area is 96.7 Å². The van der Waals surface area contributed by atoms with E-state index in [0.29, 0.717) is 6.42 Å². The second-order valence-corrected chi connectivity index (χ2v) is 4.48. The number of amides is 1. The Hall–Kier alpha value is -1.35. The summed E-state index contributed by atoms with van der Waals surface area (Å²) in [6, 6.07) is 8.20. The van der Waals surface area contributed by atoms with Gasteiger partial charge in [0, 0.05) is 25.2 Å². The lowest BCUT2D eigenvalue weighted by Gasteiger charge is -2.30. The van der Waals surface area contributed by atoms with E-state index in [-0.39, 0.29) is 5.91 Å². The van der Waals surface area contributed by atoms with Gasteiger partial charge in [0.1, 0.15) is 0 Å². The van der Waals surface area contributed by atoms with Gasteiger partial charge in [-0.2, -0.15) is 0 Å². The highest BCUT2D eigenvalue weighted by Crippen LogP contribution is 2.26. The Balaban J connectivity index is 2.19. The zero-order chi connectivity index (χ0) is 11.5. The van der Waals surface area contributed by atoms with Gasteiger partial charge in [0.2, 0.25) is 5.91 Å². The molecule has 1 aromatic rings. The minimum Gasteiger partial charge on any atom is -0.311 e. The van der Waals surface area contributed by atoms with Gasteiger partial charge >= 0.3 is 0 Å². The van der Waals surface area contributed by atoms with Crippen molar-refractivity contribution in [1.29, 1.82) is 0 Å². The Morgan fingerprint density at radius 2 is 2.00 bits per heavy atom. The highest BCUT2D eigenvalue weighted by atomic mass is 16.2. The van der Waals surface area contributed by atoms with Crippen molar-refractivity contribution < 1.29 is 4.79 Å². The Kier molecular flexibility index (Phi) is 3.25. The molecule has 16 heavy (non-hydrogen) atoms. The maximum atomic E-state index is 11.9. The summed E-state index contributed by atoms with van der Waals surface area (Å²) in [6.07, 6.45) is 1.53. The minimum absolute atomic E-state index is 0.251. The molecule has 0 saturated carbocycles. The van der Waals surface area contributed by atoms with Crippen molar-refractivity contribution >= 4 is 11.6 Å². The van der Waals surface area contributed by atoms with E-state index in [0.717, 1.165) is 25.2 Å². The number of carbonyl (C=O) groups is 1. The second kappa shape index (κ2) is 4.66. The smallest absolute Gasteiger partial charge is 0.227 e. The van der Waals surface area contributed by atoms with E-state index >= 15 is 0 Å². The van der Waals surface area contributed by atoms with Crippen LogP contribution in [0.4, 0.5) is 5.69 Å². The van der Waals surface area contributed by atoms with Crippen LogP contribution in [0.1, 0.15) is 12.0 Å². The average molecular weight is 218 g/mol. The summed E-state index contributed by atoms with van der Waals surface area (Å²) in [4.78, 5) is 15.9. The van der Waals surface area contributed by atoms with Crippen molar-refractivity contribution in [1.82, 2.24) is 4.90 Å². The average Bonchev–Trinajstić information content (AvgIpc) is 2.27. The highest BCUT2D eigenvalue weighted by molar-refractivity contribution is 5.96. The number of rotatable bonds is 3. The van der Waals surface area contributed by atoms with Crippen LogP contribution in [-0.2, 0) is 11.2 Å². The van der Waals surface area contributed by atoms with Gasteiger partial charge in [-0.3, -0.25) is 4.79 Å². The Morgan fingerprint density at radius 3 is 2.75 bits per heavy atom. The fourth-order valence-corrected chi connectivity index (χ4v) is 2.04. The first-order chi connectivity index (χ1) is 7.68. The van der Waals surface area contributed by atoms with Crippen LogP contribution in [0.25, 0.3) is 0 Å². The number of likely N-dealkylation sites (N-methyl/N-ethyl adjacent to an activating group) is 1. The molecular weight excluding hydrogens is 200 g/mol. The third-order valence-electron chi connectivity index (χ3n) is 2.96. The van der Waals surface area contributed by atoms with Crippen LogP contribution in [-0.4, -0.2) is 38.0 Å². The summed E-state index contributed by atoms with van der Waals surface area (Å²) >= 11 is 0. The van der Waals surface area contributed by atoms with Crippen LogP contribution in [0.5, 0.6) is 0 Å². The zero-order valence-corrected chi connectivity index (χ0v) is 9.94. The minimum atomic E-state index is 0.251. The number of carbonyl (C=O) groups excluding carboxylic acids is 1. The molecule has 0 atom stereocenters. The van der Waals surface area contributed by atoms with Crippen LogP contribution in [0, 0.1) is 0 Å². The molecule has 0 aliphatic carbocycles. The van der Waals surface area contributed by atoms with Crippen molar-refractivity contribution in [2.24, 2.45) is 0 Å². The molecular formula is C13H18N2O. The molecule has 0 radical (unpaired) electrons. The van der Waals surface area contributed by atoms with E-state index in [4.69, 9.17) is 0 Å². The van der Waals surface area contributed by atoms with Gasteiger partial charge in [0.05, 0.1) is 0 Å². The summed E-state index contributed by atoms with van der Waals surface area (Å²) in [7, 11) is 4.06. The summed E-state index contributed by atoms with van der Waals surface area (Å²) in [5, 5.41) is 0. The highest BCUT2D eigenvalue weighted by Gasteiger charge is 2.22. The molecule has 86 valence electrons. The number of para-hydroxylation sites is 1. The maximum Gasteiger partial charge on any atom is 0.227 e. The molecule has 0 unspecified atom stereocenters. The van der Waals surface area contributed by atoms with Crippen LogP contribution < -0.4 is 4.90 Å². The molecule has 0 aromatic heterocycles. The lowest BCUT2D eigenvalue weighted by Crippen LogP contribution is -2.39. The molecule has 1 heterocycles. The SMILES string of the molecule is CN(C)CCN1C(=O)CCc2ccccc21. The number of hydrogen-bond acceptors (Lipinski definition) is 2. The van der Waals surface area contributed by atoms with E-state index in [2.05, 4.69) is 11.0 Å². The number of nitrogens with zero attached hydrogens (tertiary/aromatic N) is 2. The van der Waals surface area contributed by atoms with E-state index in [9.17, 15) is 4.79 Å². The van der Waals surface area contributed by atoms with Crippen molar-refractivity contribution in [2.75, 3.05) is 32.1 Å². The molecule has 0 bridgehead atoms. The van der Waals surface area contributed by atoms with Crippen LogP contribution >= 0.6 is 0 Å². The third kappa shape index (κ3) is 2.25. The van der Waals surface area contributed by atoms with Gasteiger partial charge in [-0.15, -0.1) is 0 Å². The van der Waals surface area contributed by atoms with Gasteiger partial charge in [0.15, 0.2) is 0 Å². The molecule has 0 saturated heterocycles. The van der Waals surface area contributed by atoms with Crippen LogP contribution in [0.3, 0.4) is 0 Å². The number of hydrogen-bond donors (Lipinski definition) is 0. The fraction of sp³-hybridized carbons (Fsp3) is 0.462. The van der Waals surface area contributed by atoms with Crippen molar-refractivity contribution in [3.8, 4) is 0 Å². The first kappa shape index (κ1) is 11.1. The van der Waals surface area contributed by atoms with Gasteiger partial charge in [-0.1, -0.05) is 18.2 Å². The summed E-state index contributed by atoms with van der Waals surface area (Å²) in [5.74, 6) is 0.251. The summed E-state index contributed by atoms with van der Waals surface area (Å²) in [5.41, 5.74) is 2.39. The molecule has 2 rings (SSSR count). The molecule has 0 N–H and O–H groups in total. The molecule has 1 aromatic carbocycles. The van der Waals surface area contributed by atoms with Crippen molar-refractivity contribution in [3.05, 3.63) is 29.8 Å². The number of aryl methyl sites for hydroxylation is 1. The topological polar surface area (TPSA) is 23.6 Å². The number of fused-ring (bicyclic) bond motifs is 1. The number of benzene rings is 1. The molecule has 1 aliphatic heterocycles. The molecule has 1 aliphatic rings. The standard InChI is InChI=1S/C13H18N2O/c1-14(2)9-10-15-12-6-4-3-5-11(12)7-8-13(15)16/h3-6H,7-10H2,1-2H3. The van der Waals surface area contributed by atoms with E-state index in [1.165, 1.54) is 5.56 Å². The lowest BCUT2D eigenvalue weighted by atomic mass is 10.0. The normalized spacial score (nSPS) is 15.4. The molecule has 1 amide bonds. The van der Waals surface area contributed by atoms with Gasteiger partial charge < -0.3 is 9.80 Å². The van der Waals surface area contributed by atoms with Gasteiger partial charge in [-0.05, 0) is 32.1 Å². The monoisotopic (exact) mass is 218 g/mol. The van der Waals surface area contributed by atoms with Crippen LogP contribution in [0.2, 0.25) is 0 Å². The predicted octanol–water partition coefficient (Wildman–Crippen LogP) is 1.53. The lowest BCUT2D eigenvalue weighted by molar-refractivity contribution is -0.118. The first-order valence-corrected chi connectivity index (χ1v) is 5.71. The summed E-state index contributed by atoms with van der Waals surface area (Å²) in [6.45, 7) is 1.68. The van der Waals surface area contributed by atoms with Crippen LogP contribution in [0.15, 0.2) is 24.3 Å². The predicted molar refractivity (Wildman–Crippen MR) is 65.7 cm³/mol. The Bertz CT molecular complexity index is 387. The van der Waals surface area contributed by atoms with E-state index in [1.807, 2.05) is 37.2 Å². The quantitative estimate of drug-likeness (QED) is 0.768.